The Hall–Kier alpha value is -4.83. The maximum absolute atomic E-state index is 13.3. The summed E-state index contributed by atoms with van der Waals surface area (Å²) in [6.45, 7) is 7.03. The van der Waals surface area contributed by atoms with Gasteiger partial charge in [-0.2, -0.15) is 0 Å². The van der Waals surface area contributed by atoms with Crippen molar-refractivity contribution in [3.8, 4) is 11.5 Å². The van der Waals surface area contributed by atoms with Crippen LogP contribution in [-0.2, 0) is 24.8 Å². The second kappa shape index (κ2) is 22.7. The highest BCUT2D eigenvalue weighted by atomic mass is 79.9. The number of ether oxygens (including phenoxy) is 3. The standard InChI is InChI=1S/C24H27BrFN3O5S.C19H19BrFN3O3S/c1-24(2,3)34-23(30)29(13-14-33-21-8-7-18(26)15-20(21)25)12-11-28-35(31,32)22-6-4-5-17-16-27-10-9-19(17)22;20-17-12-15(21)4-5-18(17)27-11-10-22-8-9-24-28(25,26)19-3-1-2-14-13-23-7-6-16(14)19/h4-10,15-16,28H,11-14H2,1-3H3;1-7,12-13,22,24H,8-11H2. The van der Waals surface area contributed by atoms with E-state index in [0.717, 1.165) is 5.39 Å². The third-order valence-electron chi connectivity index (χ3n) is 8.72. The van der Waals surface area contributed by atoms with E-state index in [2.05, 4.69) is 56.6 Å². The van der Waals surface area contributed by atoms with Crippen molar-refractivity contribution >= 4 is 79.5 Å². The predicted molar refractivity (Wildman–Crippen MR) is 244 cm³/mol. The minimum atomic E-state index is -3.85. The summed E-state index contributed by atoms with van der Waals surface area (Å²) in [4.78, 5) is 22.5. The molecule has 1 amide bonds. The van der Waals surface area contributed by atoms with E-state index in [1.165, 1.54) is 47.5 Å². The van der Waals surface area contributed by atoms with Gasteiger partial charge in [0.2, 0.25) is 20.0 Å². The van der Waals surface area contributed by atoms with E-state index in [1.807, 2.05) is 6.07 Å². The molecule has 0 aliphatic rings. The Kier molecular flexibility index (Phi) is 17.7. The van der Waals surface area contributed by atoms with E-state index in [-0.39, 0.29) is 48.4 Å². The molecule has 3 N–H and O–H groups in total. The van der Waals surface area contributed by atoms with Gasteiger partial charge in [0.25, 0.3) is 0 Å². The van der Waals surface area contributed by atoms with E-state index in [4.69, 9.17) is 14.2 Å². The van der Waals surface area contributed by atoms with Crippen molar-refractivity contribution in [2.45, 2.75) is 36.2 Å². The molecular weight excluding hydrogens is 990 g/mol. The summed E-state index contributed by atoms with van der Waals surface area (Å²) in [5.41, 5.74) is -0.729. The van der Waals surface area contributed by atoms with Crippen LogP contribution in [0, 0.1) is 11.6 Å². The van der Waals surface area contributed by atoms with Gasteiger partial charge in [0.1, 0.15) is 41.9 Å². The molecule has 0 atom stereocenters. The van der Waals surface area contributed by atoms with Gasteiger partial charge in [-0.25, -0.2) is 39.9 Å². The molecule has 20 heteroatoms. The van der Waals surface area contributed by atoms with Crippen LogP contribution in [0.4, 0.5) is 13.6 Å². The monoisotopic (exact) mass is 1030 g/mol. The fraction of sp³-hybridized carbons (Fsp3) is 0.279. The summed E-state index contributed by atoms with van der Waals surface area (Å²) in [5, 5.41) is 5.76. The molecule has 0 radical (unpaired) electrons. The number of halogens is 4. The zero-order chi connectivity index (χ0) is 45.6. The van der Waals surface area contributed by atoms with Crippen molar-refractivity contribution in [1.82, 2.24) is 29.6 Å². The first-order chi connectivity index (χ1) is 29.9. The highest BCUT2D eigenvalue weighted by Crippen LogP contribution is 2.27. The number of pyridine rings is 2. The number of nitrogens with one attached hydrogen (secondary N) is 3. The zero-order valence-electron chi connectivity index (χ0n) is 34.5. The number of amides is 1. The Labute approximate surface area is 382 Å². The Morgan fingerprint density at radius 3 is 1.68 bits per heavy atom. The van der Waals surface area contributed by atoms with Gasteiger partial charge in [-0.3, -0.25) is 9.97 Å². The molecule has 0 bridgehead atoms. The van der Waals surface area contributed by atoms with Crippen LogP contribution in [0.2, 0.25) is 0 Å². The summed E-state index contributed by atoms with van der Waals surface area (Å²) in [5.74, 6) is 0.220. The molecule has 0 saturated heterocycles. The van der Waals surface area contributed by atoms with Crippen molar-refractivity contribution < 1.29 is 44.6 Å². The van der Waals surface area contributed by atoms with E-state index < -0.39 is 37.6 Å². The molecule has 2 heterocycles. The number of carbonyl (C=O) groups is 1. The van der Waals surface area contributed by atoms with Crippen LogP contribution >= 0.6 is 31.9 Å². The van der Waals surface area contributed by atoms with Crippen molar-refractivity contribution in [3.05, 3.63) is 130 Å². The highest BCUT2D eigenvalue weighted by molar-refractivity contribution is 9.11. The minimum Gasteiger partial charge on any atom is -0.491 e. The molecule has 6 rings (SSSR count). The van der Waals surface area contributed by atoms with E-state index in [1.54, 1.807) is 81.8 Å². The van der Waals surface area contributed by atoms with Crippen molar-refractivity contribution in [1.29, 1.82) is 0 Å². The summed E-state index contributed by atoms with van der Waals surface area (Å²) in [6, 6.07) is 21.6. The van der Waals surface area contributed by atoms with Crippen LogP contribution < -0.4 is 24.2 Å². The lowest BCUT2D eigenvalue weighted by Crippen LogP contribution is -2.43. The lowest BCUT2D eigenvalue weighted by molar-refractivity contribution is 0.0230. The van der Waals surface area contributed by atoms with Gasteiger partial charge in [0.05, 0.1) is 25.3 Å². The molecule has 4 aromatic carbocycles. The number of rotatable bonds is 18. The first-order valence-corrected chi connectivity index (χ1v) is 24.0. The molecule has 2 aromatic heterocycles. The first kappa shape index (κ1) is 49.2. The number of sulfonamides is 2. The second-order valence-corrected chi connectivity index (χ2v) is 19.7. The van der Waals surface area contributed by atoms with E-state index in [9.17, 15) is 30.4 Å². The van der Waals surface area contributed by atoms with Gasteiger partial charge >= 0.3 is 6.09 Å². The van der Waals surface area contributed by atoms with Gasteiger partial charge in [-0.1, -0.05) is 24.3 Å². The van der Waals surface area contributed by atoms with Crippen LogP contribution in [0.3, 0.4) is 0 Å². The maximum Gasteiger partial charge on any atom is 0.410 e. The van der Waals surface area contributed by atoms with Crippen LogP contribution in [0.25, 0.3) is 21.5 Å². The zero-order valence-corrected chi connectivity index (χ0v) is 39.3. The second-order valence-electron chi connectivity index (χ2n) is 14.6. The normalized spacial score (nSPS) is 11.8. The van der Waals surface area contributed by atoms with Gasteiger partial charge in [0.15, 0.2) is 0 Å². The fourth-order valence-corrected chi connectivity index (χ4v) is 9.27. The number of carbonyl (C=O) groups excluding carboxylic acids is 1. The maximum atomic E-state index is 13.3. The molecule has 0 aliphatic heterocycles. The van der Waals surface area contributed by atoms with E-state index >= 15 is 0 Å². The molecule has 336 valence electrons. The third kappa shape index (κ3) is 14.9. The van der Waals surface area contributed by atoms with Crippen molar-refractivity contribution in [2.75, 3.05) is 52.5 Å². The molecule has 0 saturated carbocycles. The van der Waals surface area contributed by atoms with Crippen LogP contribution in [0.5, 0.6) is 11.5 Å². The van der Waals surface area contributed by atoms with Gasteiger partial charge < -0.3 is 24.4 Å². The molecular formula is C43H46Br2F2N6O8S2. The molecule has 0 unspecified atom stereocenters. The Bertz CT molecular complexity index is 2720. The quantitative estimate of drug-likeness (QED) is 0.0716. The van der Waals surface area contributed by atoms with Gasteiger partial charge in [0, 0.05) is 79.1 Å². The molecule has 0 fully saturated rings. The molecule has 63 heavy (non-hydrogen) atoms. The Morgan fingerprint density at radius 1 is 0.667 bits per heavy atom. The number of aromatic nitrogens is 2. The van der Waals surface area contributed by atoms with Crippen molar-refractivity contribution in [3.63, 3.8) is 0 Å². The van der Waals surface area contributed by atoms with Crippen LogP contribution in [0.15, 0.2) is 128 Å². The third-order valence-corrected chi connectivity index (χ3v) is 13.0. The van der Waals surface area contributed by atoms with Crippen molar-refractivity contribution in [2.24, 2.45) is 0 Å². The Balaban J connectivity index is 0.000000243. The largest absolute Gasteiger partial charge is 0.491 e. The smallest absolute Gasteiger partial charge is 0.410 e. The molecule has 0 spiro atoms. The average Bonchev–Trinajstić information content (AvgIpc) is 3.23. The first-order valence-electron chi connectivity index (χ1n) is 19.4. The van der Waals surface area contributed by atoms with E-state index in [0.29, 0.717) is 56.3 Å². The van der Waals surface area contributed by atoms with Gasteiger partial charge in [-0.15, -0.1) is 0 Å². The predicted octanol–water partition coefficient (Wildman–Crippen LogP) is 7.81. The molecule has 0 aliphatic carbocycles. The Morgan fingerprint density at radius 2 is 1.17 bits per heavy atom. The minimum absolute atomic E-state index is 0.0384. The SMILES string of the molecule is CC(C)(C)OC(=O)N(CCNS(=O)(=O)c1cccc2cnccc12)CCOc1ccc(F)cc1Br.O=S(=O)(NCCNCCOc1ccc(F)cc1Br)c1cccc2cnccc12. The summed E-state index contributed by atoms with van der Waals surface area (Å²) >= 11 is 6.47. The lowest BCUT2D eigenvalue weighted by atomic mass is 10.2. The summed E-state index contributed by atoms with van der Waals surface area (Å²) in [7, 11) is -7.47. The summed E-state index contributed by atoms with van der Waals surface area (Å²) in [6.07, 6.45) is 5.73. The number of fused-ring (bicyclic) bond motifs is 2. The highest BCUT2D eigenvalue weighted by Gasteiger charge is 2.24. The molecule has 14 nitrogen and oxygen atoms in total. The van der Waals surface area contributed by atoms with Gasteiger partial charge in [-0.05, 0) is 113 Å². The number of benzene rings is 4. The number of hydrogen-bond donors (Lipinski definition) is 3. The summed E-state index contributed by atoms with van der Waals surface area (Å²) < 4.78 is 100. The topological polar surface area (TPSA) is 178 Å². The number of nitrogens with zero attached hydrogens (tertiary/aromatic N) is 3. The van der Waals surface area contributed by atoms with Crippen LogP contribution in [0.1, 0.15) is 20.8 Å². The average molecular weight is 1040 g/mol. The molecule has 6 aromatic rings. The fourth-order valence-electron chi connectivity index (χ4n) is 5.83. The lowest BCUT2D eigenvalue weighted by Gasteiger charge is -2.27. The van der Waals surface area contributed by atoms with Crippen LogP contribution in [-0.4, -0.2) is 95.9 Å². The number of hydrogen-bond acceptors (Lipinski definition) is 11.